The van der Waals surface area contributed by atoms with Crippen LogP contribution < -0.4 is 4.74 Å². The second kappa shape index (κ2) is 10.8. The third-order valence-electron chi connectivity index (χ3n) is 5.93. The Labute approximate surface area is 230 Å². The standard InChI is InChI=1S/C31H22N4O.Pt/c1-34-19-18-32-31(34)25-14-8-16-27(20-25)36-28-17-9-15-26(21-28)35-30(24-12-6-3-7-13-24)29(22-33-35)23-10-4-2-5-11-23;/h2-19,22H,1H3;/q-2;+2. The monoisotopic (exact) mass is 661 g/mol. The van der Waals surface area contributed by atoms with Gasteiger partial charge in [-0.25, -0.2) is 0 Å². The number of benzene rings is 4. The van der Waals surface area contributed by atoms with Crippen molar-refractivity contribution in [1.82, 2.24) is 19.3 Å². The number of hydrogen-bond donors (Lipinski definition) is 0. The molecule has 0 unspecified atom stereocenters. The summed E-state index contributed by atoms with van der Waals surface area (Å²) in [5.74, 6) is 2.00. The molecule has 0 radical (unpaired) electrons. The zero-order valence-electron chi connectivity index (χ0n) is 20.0. The number of hydrogen-bond acceptors (Lipinski definition) is 3. The molecule has 0 atom stereocenters. The molecular weight excluding hydrogens is 639 g/mol. The fraction of sp³-hybridized carbons (Fsp3) is 0.0323. The quantitative estimate of drug-likeness (QED) is 0.181. The Kier molecular flexibility index (Phi) is 7.15. The van der Waals surface area contributed by atoms with Crippen molar-refractivity contribution in [3.63, 3.8) is 0 Å². The Bertz CT molecular complexity index is 1620. The Morgan fingerprint density at radius 3 is 2.11 bits per heavy atom. The van der Waals surface area contributed by atoms with Crippen molar-refractivity contribution >= 4 is 0 Å². The van der Waals surface area contributed by atoms with Crippen LogP contribution in [0.4, 0.5) is 0 Å². The Hall–Kier alpha value is -4.21. The third kappa shape index (κ3) is 5.04. The van der Waals surface area contributed by atoms with Gasteiger partial charge in [0.1, 0.15) is 0 Å². The summed E-state index contributed by atoms with van der Waals surface area (Å²) in [6, 6.07) is 38.9. The largest absolute Gasteiger partial charge is 2.00 e. The SMILES string of the molecule is Cn1ccnc1-c1[c-]c(Oc2[c-]c(-n3ncc(-c4ccccc4)c3-c3ccccc3)ccc2)ccc1.[Pt+2]. The van der Waals surface area contributed by atoms with Crippen LogP contribution >= 0.6 is 0 Å². The van der Waals surface area contributed by atoms with Gasteiger partial charge in [-0.3, -0.25) is 9.67 Å². The first-order valence-electron chi connectivity index (χ1n) is 11.7. The van der Waals surface area contributed by atoms with E-state index in [2.05, 4.69) is 41.4 Å². The molecule has 6 rings (SSSR count). The van der Waals surface area contributed by atoms with Gasteiger partial charge >= 0.3 is 21.1 Å². The first-order chi connectivity index (χ1) is 17.8. The molecule has 0 saturated heterocycles. The van der Waals surface area contributed by atoms with E-state index >= 15 is 0 Å². The fourth-order valence-corrected chi connectivity index (χ4v) is 4.23. The van der Waals surface area contributed by atoms with Crippen molar-refractivity contribution < 1.29 is 25.8 Å². The van der Waals surface area contributed by atoms with Crippen LogP contribution in [0, 0.1) is 12.1 Å². The molecule has 182 valence electrons. The molecule has 5 nitrogen and oxygen atoms in total. The summed E-state index contributed by atoms with van der Waals surface area (Å²) in [5, 5.41) is 4.76. The van der Waals surface area contributed by atoms with E-state index in [-0.39, 0.29) is 21.1 Å². The molecule has 0 bridgehead atoms. The molecule has 37 heavy (non-hydrogen) atoms. The minimum atomic E-state index is 0. The maximum absolute atomic E-state index is 6.17. The van der Waals surface area contributed by atoms with Crippen LogP contribution in [0.1, 0.15) is 0 Å². The summed E-state index contributed by atoms with van der Waals surface area (Å²) in [5.41, 5.74) is 5.88. The molecular formula is C31H22N4OPt. The van der Waals surface area contributed by atoms with Crippen molar-refractivity contribution in [2.45, 2.75) is 0 Å². The molecule has 0 aliphatic heterocycles. The van der Waals surface area contributed by atoms with Gasteiger partial charge in [-0.2, -0.15) is 11.2 Å². The van der Waals surface area contributed by atoms with Crippen LogP contribution in [0.25, 0.3) is 39.5 Å². The van der Waals surface area contributed by atoms with E-state index in [4.69, 9.17) is 9.84 Å². The number of aromatic nitrogens is 4. The molecule has 6 aromatic rings. The van der Waals surface area contributed by atoms with Gasteiger partial charge in [-0.05, 0) is 11.3 Å². The van der Waals surface area contributed by atoms with Gasteiger partial charge in [0.15, 0.2) is 0 Å². The predicted octanol–water partition coefficient (Wildman–Crippen LogP) is 7.00. The van der Waals surface area contributed by atoms with Gasteiger partial charge in [-0.15, -0.1) is 42.0 Å². The van der Waals surface area contributed by atoms with Crippen LogP contribution in [-0.2, 0) is 28.1 Å². The van der Waals surface area contributed by atoms with Crippen LogP contribution in [0.3, 0.4) is 0 Å². The van der Waals surface area contributed by atoms with Crippen molar-refractivity contribution in [3.05, 3.63) is 128 Å². The molecule has 0 spiro atoms. The average molecular weight is 662 g/mol. The van der Waals surface area contributed by atoms with E-state index in [0.29, 0.717) is 11.5 Å². The first kappa shape index (κ1) is 24.5. The molecule has 6 heteroatoms. The zero-order valence-corrected chi connectivity index (χ0v) is 22.3. The minimum absolute atomic E-state index is 0. The smallest absolute Gasteiger partial charge is 0.503 e. The molecule has 2 heterocycles. The van der Waals surface area contributed by atoms with Gasteiger partial charge in [-0.1, -0.05) is 66.7 Å². The van der Waals surface area contributed by atoms with E-state index in [1.54, 1.807) is 6.20 Å². The summed E-state index contributed by atoms with van der Waals surface area (Å²) in [4.78, 5) is 4.41. The van der Waals surface area contributed by atoms with E-state index < -0.39 is 0 Å². The molecule has 0 fully saturated rings. The topological polar surface area (TPSA) is 44.9 Å². The van der Waals surface area contributed by atoms with Gasteiger partial charge in [0, 0.05) is 42.1 Å². The molecule has 4 aromatic carbocycles. The molecule has 2 aromatic heterocycles. The maximum Gasteiger partial charge on any atom is 2.00 e. The first-order valence-corrected chi connectivity index (χ1v) is 11.7. The van der Waals surface area contributed by atoms with Crippen LogP contribution in [0.5, 0.6) is 11.5 Å². The molecule has 0 saturated carbocycles. The van der Waals surface area contributed by atoms with Crippen molar-refractivity contribution in [1.29, 1.82) is 0 Å². The summed E-state index contributed by atoms with van der Waals surface area (Å²) < 4.78 is 10.0. The van der Waals surface area contributed by atoms with Crippen LogP contribution in [0.2, 0.25) is 0 Å². The third-order valence-corrected chi connectivity index (χ3v) is 5.93. The predicted molar refractivity (Wildman–Crippen MR) is 141 cm³/mol. The van der Waals surface area contributed by atoms with Crippen molar-refractivity contribution in [2.24, 2.45) is 7.05 Å². The number of aryl methyl sites for hydroxylation is 1. The average Bonchev–Trinajstić information content (AvgIpc) is 3.57. The van der Waals surface area contributed by atoms with Crippen LogP contribution in [0.15, 0.2) is 116 Å². The molecule has 0 aliphatic carbocycles. The van der Waals surface area contributed by atoms with E-state index in [0.717, 1.165) is 39.5 Å². The molecule has 0 amide bonds. The number of nitrogens with zero attached hydrogens (tertiary/aromatic N) is 4. The zero-order chi connectivity index (χ0) is 24.3. The van der Waals surface area contributed by atoms with Gasteiger partial charge in [0.25, 0.3) is 0 Å². The van der Waals surface area contributed by atoms with E-state index in [9.17, 15) is 0 Å². The Balaban J connectivity index is 0.00000280. The Morgan fingerprint density at radius 2 is 1.41 bits per heavy atom. The summed E-state index contributed by atoms with van der Waals surface area (Å²) in [6.07, 6.45) is 5.58. The number of ether oxygens (including phenoxy) is 1. The normalized spacial score (nSPS) is 10.6. The summed E-state index contributed by atoms with van der Waals surface area (Å²) in [6.45, 7) is 0. The number of rotatable bonds is 6. The van der Waals surface area contributed by atoms with Crippen LogP contribution in [-0.4, -0.2) is 19.3 Å². The van der Waals surface area contributed by atoms with Crippen molar-refractivity contribution in [2.75, 3.05) is 0 Å². The maximum atomic E-state index is 6.17. The van der Waals surface area contributed by atoms with Crippen molar-refractivity contribution in [3.8, 4) is 51.0 Å². The number of imidazole rings is 1. The summed E-state index contributed by atoms with van der Waals surface area (Å²) >= 11 is 0. The minimum Gasteiger partial charge on any atom is -0.503 e. The second-order valence-electron chi connectivity index (χ2n) is 8.34. The van der Waals surface area contributed by atoms with E-state index in [1.807, 2.05) is 101 Å². The molecule has 0 N–H and O–H groups in total. The Morgan fingerprint density at radius 1 is 0.730 bits per heavy atom. The second-order valence-corrected chi connectivity index (χ2v) is 8.34. The van der Waals surface area contributed by atoms with Gasteiger partial charge < -0.3 is 9.30 Å². The fourth-order valence-electron chi connectivity index (χ4n) is 4.23. The summed E-state index contributed by atoms with van der Waals surface area (Å²) in [7, 11) is 1.96. The van der Waals surface area contributed by atoms with E-state index in [1.165, 1.54) is 0 Å². The van der Waals surface area contributed by atoms with Gasteiger partial charge in [0.2, 0.25) is 0 Å². The van der Waals surface area contributed by atoms with Gasteiger partial charge in [0.05, 0.1) is 17.7 Å². The molecule has 0 aliphatic rings.